The molecule has 0 saturated carbocycles. The van der Waals surface area contributed by atoms with Gasteiger partial charge in [0.1, 0.15) is 5.02 Å². The smallest absolute Gasteiger partial charge is 0.316 e. The van der Waals surface area contributed by atoms with E-state index in [1.54, 1.807) is 0 Å². The van der Waals surface area contributed by atoms with Crippen molar-refractivity contribution >= 4 is 34.9 Å². The van der Waals surface area contributed by atoms with Gasteiger partial charge in [-0.2, -0.15) is 5.10 Å². The highest BCUT2D eigenvalue weighted by Gasteiger charge is 2.07. The summed E-state index contributed by atoms with van der Waals surface area (Å²) in [6, 6.07) is -0.735. The zero-order valence-electron chi connectivity index (χ0n) is 5.71. The van der Waals surface area contributed by atoms with Gasteiger partial charge in [-0.05, 0) is 0 Å². The number of carbonyl (C=O) groups is 1. The highest BCUT2D eigenvalue weighted by Crippen LogP contribution is 2.25. The second kappa shape index (κ2) is 3.55. The van der Waals surface area contributed by atoms with E-state index in [0.29, 0.717) is 0 Å². The number of nitrogens with one attached hydrogen (secondary N) is 1. The minimum Gasteiger partial charge on any atom is -0.351 e. The zero-order valence-corrected chi connectivity index (χ0v) is 7.23. The third-order valence-electron chi connectivity index (χ3n) is 1.01. The maximum Gasteiger partial charge on any atom is 0.316 e. The van der Waals surface area contributed by atoms with Crippen molar-refractivity contribution in [3.8, 4) is 0 Å². The summed E-state index contributed by atoms with van der Waals surface area (Å²) in [5, 5.41) is 9.27. The van der Waals surface area contributed by atoms with Crippen molar-refractivity contribution in [2.45, 2.75) is 0 Å². The van der Waals surface area contributed by atoms with Gasteiger partial charge in [-0.3, -0.25) is 0 Å². The SMILES string of the molecule is NC(=O)Nc1cnnc(Cl)c1Cl. The molecule has 0 bridgehead atoms. The van der Waals surface area contributed by atoms with E-state index in [-0.39, 0.29) is 15.9 Å². The molecule has 0 spiro atoms. The van der Waals surface area contributed by atoms with Gasteiger partial charge in [-0.25, -0.2) is 4.79 Å². The average molecular weight is 207 g/mol. The molecule has 12 heavy (non-hydrogen) atoms. The van der Waals surface area contributed by atoms with Gasteiger partial charge in [0.2, 0.25) is 0 Å². The molecule has 5 nitrogen and oxygen atoms in total. The number of hydrogen-bond acceptors (Lipinski definition) is 3. The highest BCUT2D eigenvalue weighted by molar-refractivity contribution is 6.43. The van der Waals surface area contributed by atoms with Crippen LogP contribution in [0.2, 0.25) is 10.2 Å². The molecule has 1 rings (SSSR count). The first kappa shape index (κ1) is 9.02. The Morgan fingerprint density at radius 2 is 2.25 bits per heavy atom. The first-order chi connectivity index (χ1) is 5.61. The van der Waals surface area contributed by atoms with Crippen molar-refractivity contribution in [3.63, 3.8) is 0 Å². The van der Waals surface area contributed by atoms with Crippen molar-refractivity contribution in [3.05, 3.63) is 16.4 Å². The lowest BCUT2D eigenvalue weighted by molar-refractivity contribution is 0.259. The summed E-state index contributed by atoms with van der Waals surface area (Å²) in [5.74, 6) is 0. The van der Waals surface area contributed by atoms with Crippen LogP contribution in [0.5, 0.6) is 0 Å². The van der Waals surface area contributed by atoms with E-state index in [0.717, 1.165) is 0 Å². The Hall–Kier alpha value is -1.07. The van der Waals surface area contributed by atoms with Crippen molar-refractivity contribution in [1.29, 1.82) is 0 Å². The molecular formula is C5H4Cl2N4O. The topological polar surface area (TPSA) is 80.9 Å². The van der Waals surface area contributed by atoms with Gasteiger partial charge in [0, 0.05) is 0 Å². The Bertz CT molecular complexity index is 316. The number of carbonyl (C=O) groups excluding carboxylic acids is 1. The Morgan fingerprint density at radius 3 is 2.83 bits per heavy atom. The van der Waals surface area contributed by atoms with Crippen LogP contribution in [0.15, 0.2) is 6.20 Å². The van der Waals surface area contributed by atoms with E-state index in [9.17, 15) is 4.79 Å². The lowest BCUT2D eigenvalue weighted by atomic mass is 10.5. The predicted octanol–water partition coefficient (Wildman–Crippen LogP) is 1.27. The summed E-state index contributed by atoms with van der Waals surface area (Å²) in [6.07, 6.45) is 1.25. The third-order valence-corrected chi connectivity index (χ3v) is 1.75. The number of rotatable bonds is 1. The number of nitrogens with zero attached hydrogens (tertiary/aromatic N) is 2. The highest BCUT2D eigenvalue weighted by atomic mass is 35.5. The Labute approximate surface area is 77.9 Å². The van der Waals surface area contributed by atoms with Crippen LogP contribution in [0.1, 0.15) is 0 Å². The van der Waals surface area contributed by atoms with Crippen LogP contribution < -0.4 is 11.1 Å². The monoisotopic (exact) mass is 206 g/mol. The summed E-state index contributed by atoms with van der Waals surface area (Å²) in [4.78, 5) is 10.4. The molecule has 3 N–H and O–H groups in total. The molecule has 0 radical (unpaired) electrons. The van der Waals surface area contributed by atoms with E-state index in [4.69, 9.17) is 28.9 Å². The average Bonchev–Trinajstić information content (AvgIpc) is 1.98. The van der Waals surface area contributed by atoms with Gasteiger partial charge >= 0.3 is 6.03 Å². The summed E-state index contributed by atoms with van der Waals surface area (Å²) < 4.78 is 0. The normalized spacial score (nSPS) is 9.50. The molecule has 1 aromatic heterocycles. The van der Waals surface area contributed by atoms with Gasteiger partial charge in [-0.15, -0.1) is 5.10 Å². The lowest BCUT2D eigenvalue weighted by Gasteiger charge is -2.02. The predicted molar refractivity (Wildman–Crippen MR) is 45.3 cm³/mol. The van der Waals surface area contributed by atoms with Crippen molar-refractivity contribution < 1.29 is 4.79 Å². The summed E-state index contributed by atoms with van der Waals surface area (Å²) in [6.45, 7) is 0. The number of primary amides is 1. The summed E-state index contributed by atoms with van der Waals surface area (Å²) in [7, 11) is 0. The molecule has 0 aliphatic heterocycles. The molecule has 0 unspecified atom stereocenters. The number of aromatic nitrogens is 2. The number of urea groups is 1. The number of amides is 2. The van der Waals surface area contributed by atoms with E-state index in [1.807, 2.05) is 0 Å². The lowest BCUT2D eigenvalue weighted by Crippen LogP contribution is -2.19. The number of nitrogens with two attached hydrogens (primary N) is 1. The Kier molecular flexibility index (Phi) is 2.67. The van der Waals surface area contributed by atoms with Crippen LogP contribution in [0.3, 0.4) is 0 Å². The van der Waals surface area contributed by atoms with Crippen LogP contribution in [0.25, 0.3) is 0 Å². The van der Waals surface area contributed by atoms with Crippen LogP contribution in [0, 0.1) is 0 Å². The molecule has 0 atom stereocenters. The quantitative estimate of drug-likeness (QED) is 0.727. The van der Waals surface area contributed by atoms with E-state index in [1.165, 1.54) is 6.20 Å². The molecule has 0 fully saturated rings. The van der Waals surface area contributed by atoms with E-state index in [2.05, 4.69) is 15.5 Å². The fourth-order valence-corrected chi connectivity index (χ4v) is 0.848. The van der Waals surface area contributed by atoms with Gasteiger partial charge < -0.3 is 11.1 Å². The van der Waals surface area contributed by atoms with E-state index >= 15 is 0 Å². The summed E-state index contributed by atoms with van der Waals surface area (Å²) in [5.41, 5.74) is 5.08. The van der Waals surface area contributed by atoms with Gasteiger partial charge in [0.05, 0.1) is 11.9 Å². The Morgan fingerprint density at radius 1 is 1.58 bits per heavy atom. The summed E-state index contributed by atoms with van der Waals surface area (Å²) >= 11 is 11.1. The molecule has 0 aliphatic rings. The van der Waals surface area contributed by atoms with Crippen LogP contribution in [-0.4, -0.2) is 16.2 Å². The molecule has 0 saturated heterocycles. The molecule has 0 aromatic carbocycles. The third kappa shape index (κ3) is 1.96. The standard InChI is InChI=1S/C5H4Cl2N4O/c6-3-2(10-5(8)12)1-9-11-4(3)7/h1H,(H3,8,10,11,12). The fraction of sp³-hybridized carbons (Fsp3) is 0. The fourth-order valence-electron chi connectivity index (χ4n) is 0.569. The van der Waals surface area contributed by atoms with E-state index < -0.39 is 6.03 Å². The number of halogens is 2. The van der Waals surface area contributed by atoms with Crippen LogP contribution >= 0.6 is 23.2 Å². The molecule has 1 heterocycles. The number of anilines is 1. The molecular weight excluding hydrogens is 203 g/mol. The minimum atomic E-state index is -0.735. The van der Waals surface area contributed by atoms with Crippen molar-refractivity contribution in [2.75, 3.05) is 5.32 Å². The second-order valence-electron chi connectivity index (χ2n) is 1.85. The van der Waals surface area contributed by atoms with Crippen LogP contribution in [0.4, 0.5) is 10.5 Å². The molecule has 2 amide bonds. The van der Waals surface area contributed by atoms with Crippen LogP contribution in [-0.2, 0) is 0 Å². The first-order valence-electron chi connectivity index (χ1n) is 2.84. The number of hydrogen-bond donors (Lipinski definition) is 2. The van der Waals surface area contributed by atoms with Gasteiger partial charge in [0.15, 0.2) is 5.15 Å². The second-order valence-corrected chi connectivity index (χ2v) is 2.59. The van der Waals surface area contributed by atoms with Crippen molar-refractivity contribution in [1.82, 2.24) is 10.2 Å². The first-order valence-corrected chi connectivity index (χ1v) is 3.60. The maximum atomic E-state index is 10.4. The maximum absolute atomic E-state index is 10.4. The molecule has 1 aromatic rings. The Balaban J connectivity index is 3.00. The molecule has 64 valence electrons. The van der Waals surface area contributed by atoms with Crippen molar-refractivity contribution in [2.24, 2.45) is 5.73 Å². The molecule has 0 aliphatic carbocycles. The molecule has 7 heteroatoms. The zero-order chi connectivity index (χ0) is 9.14. The minimum absolute atomic E-state index is 0.0166. The van der Waals surface area contributed by atoms with Gasteiger partial charge in [0.25, 0.3) is 0 Å². The largest absolute Gasteiger partial charge is 0.351 e. The van der Waals surface area contributed by atoms with Gasteiger partial charge in [-0.1, -0.05) is 23.2 Å².